The number of rotatable bonds is 5. The number of carbonyl (C=O) groups excluding carboxylic acids is 1. The largest absolute Gasteiger partial charge is 0.369 e. The van der Waals surface area contributed by atoms with Crippen molar-refractivity contribution in [2.24, 2.45) is 4.99 Å². The quantitative estimate of drug-likeness (QED) is 0.370. The van der Waals surface area contributed by atoms with Crippen LogP contribution in [0.2, 0.25) is 0 Å². The molecule has 0 radical (unpaired) electrons. The van der Waals surface area contributed by atoms with Crippen molar-refractivity contribution in [1.82, 2.24) is 14.5 Å². The van der Waals surface area contributed by atoms with Crippen LogP contribution in [-0.4, -0.2) is 40.7 Å². The Hall–Kier alpha value is -2.73. The molecule has 0 aliphatic heterocycles. The predicted octanol–water partition coefficient (Wildman–Crippen LogP) is 4.09. The molecule has 0 bridgehead atoms. The number of halogens is 1. The third-order valence-electron chi connectivity index (χ3n) is 3.52. The van der Waals surface area contributed by atoms with Gasteiger partial charge in [0, 0.05) is 29.8 Å². The summed E-state index contributed by atoms with van der Waals surface area (Å²) in [6.07, 6.45) is 3.26. The number of hydrogen-bond acceptors (Lipinski definition) is 3. The topological polar surface area (TPSA) is 50.5 Å². The molecule has 0 unspecified atom stereocenters. The summed E-state index contributed by atoms with van der Waals surface area (Å²) in [6, 6.07) is 16.9. The van der Waals surface area contributed by atoms with Crippen LogP contribution in [0.1, 0.15) is 16.1 Å². The van der Waals surface area contributed by atoms with Crippen molar-refractivity contribution in [2.75, 3.05) is 14.1 Å². The summed E-state index contributed by atoms with van der Waals surface area (Å²) in [6.45, 7) is 0. The molecular weight excluding hydrogens is 380 g/mol. The average Bonchev–Trinajstić information content (AvgIpc) is 3.04. The summed E-state index contributed by atoms with van der Waals surface area (Å²) in [5.41, 5.74) is 1.88. The fourth-order valence-corrected chi connectivity index (χ4v) is 2.60. The van der Waals surface area contributed by atoms with Crippen molar-refractivity contribution >= 4 is 33.9 Å². The molecule has 0 saturated heterocycles. The van der Waals surface area contributed by atoms with Crippen LogP contribution in [0.5, 0.6) is 0 Å². The molecule has 0 saturated carbocycles. The molecule has 2 aromatic carbocycles. The SMILES string of the molecule is CN(C)/C=N/c1ncn(-c2ccc(Br)cc2)c1C(=O)c1ccccc1. The van der Waals surface area contributed by atoms with Gasteiger partial charge in [0.1, 0.15) is 12.0 Å². The lowest BCUT2D eigenvalue weighted by atomic mass is 10.1. The fourth-order valence-electron chi connectivity index (χ4n) is 2.34. The predicted molar refractivity (Wildman–Crippen MR) is 103 cm³/mol. The van der Waals surface area contributed by atoms with Crippen LogP contribution >= 0.6 is 15.9 Å². The van der Waals surface area contributed by atoms with Crippen LogP contribution < -0.4 is 0 Å². The van der Waals surface area contributed by atoms with Gasteiger partial charge in [-0.15, -0.1) is 0 Å². The molecule has 0 aliphatic rings. The molecule has 5 nitrogen and oxygen atoms in total. The van der Waals surface area contributed by atoms with E-state index in [-0.39, 0.29) is 5.78 Å². The second-order valence-electron chi connectivity index (χ2n) is 5.67. The Labute approximate surface area is 154 Å². The van der Waals surface area contributed by atoms with Gasteiger partial charge in [-0.3, -0.25) is 9.36 Å². The van der Waals surface area contributed by atoms with Crippen molar-refractivity contribution < 1.29 is 4.79 Å². The highest BCUT2D eigenvalue weighted by Gasteiger charge is 2.21. The third-order valence-corrected chi connectivity index (χ3v) is 4.04. The van der Waals surface area contributed by atoms with Gasteiger partial charge in [-0.25, -0.2) is 9.98 Å². The van der Waals surface area contributed by atoms with Gasteiger partial charge in [-0.05, 0) is 24.3 Å². The summed E-state index contributed by atoms with van der Waals surface area (Å²) in [7, 11) is 3.74. The number of hydrogen-bond donors (Lipinski definition) is 0. The fraction of sp³-hybridized carbons (Fsp3) is 0.105. The monoisotopic (exact) mass is 396 g/mol. The molecule has 1 heterocycles. The van der Waals surface area contributed by atoms with Gasteiger partial charge < -0.3 is 4.90 Å². The number of ketones is 1. The molecule has 0 fully saturated rings. The van der Waals surface area contributed by atoms with E-state index in [2.05, 4.69) is 25.9 Å². The van der Waals surface area contributed by atoms with Crippen molar-refractivity contribution in [1.29, 1.82) is 0 Å². The van der Waals surface area contributed by atoms with E-state index < -0.39 is 0 Å². The molecular formula is C19H17BrN4O. The number of imidazole rings is 1. The Morgan fingerprint density at radius 3 is 2.44 bits per heavy atom. The molecule has 0 aliphatic carbocycles. The minimum absolute atomic E-state index is 0.119. The summed E-state index contributed by atoms with van der Waals surface area (Å²) in [5.74, 6) is 0.275. The Bertz CT molecular complexity index is 899. The van der Waals surface area contributed by atoms with Gasteiger partial charge in [0.05, 0.1) is 6.34 Å². The Balaban J connectivity index is 2.13. The van der Waals surface area contributed by atoms with Crippen molar-refractivity contribution in [3.05, 3.63) is 76.7 Å². The maximum atomic E-state index is 13.1. The van der Waals surface area contributed by atoms with Crippen LogP contribution in [0.25, 0.3) is 5.69 Å². The first kappa shape index (κ1) is 17.1. The normalized spacial score (nSPS) is 11.0. The van der Waals surface area contributed by atoms with Crippen LogP contribution in [0, 0.1) is 0 Å². The molecule has 6 heteroatoms. The molecule has 1 aromatic heterocycles. The van der Waals surface area contributed by atoms with Gasteiger partial charge in [-0.1, -0.05) is 46.3 Å². The van der Waals surface area contributed by atoms with Crippen LogP contribution in [0.15, 0.2) is 70.4 Å². The smallest absolute Gasteiger partial charge is 0.213 e. The number of nitrogens with zero attached hydrogens (tertiary/aromatic N) is 4. The number of aliphatic imine (C=N–C) groups is 1. The summed E-state index contributed by atoms with van der Waals surface area (Å²) in [4.78, 5) is 23.6. The molecule has 0 atom stereocenters. The molecule has 0 spiro atoms. The second kappa shape index (κ2) is 7.44. The Morgan fingerprint density at radius 1 is 1.12 bits per heavy atom. The van der Waals surface area contributed by atoms with E-state index in [1.807, 2.05) is 56.6 Å². The van der Waals surface area contributed by atoms with E-state index in [1.165, 1.54) is 0 Å². The molecule has 0 N–H and O–H groups in total. The van der Waals surface area contributed by atoms with Gasteiger partial charge in [0.2, 0.25) is 5.78 Å². The number of benzene rings is 2. The summed E-state index contributed by atoms with van der Waals surface area (Å²) >= 11 is 3.43. The van der Waals surface area contributed by atoms with Gasteiger partial charge in [-0.2, -0.15) is 0 Å². The van der Waals surface area contributed by atoms with Gasteiger partial charge in [0.15, 0.2) is 5.82 Å². The van der Waals surface area contributed by atoms with Gasteiger partial charge >= 0.3 is 0 Å². The standard InChI is InChI=1S/C19H17BrN4O/c1-23(2)12-21-19-17(18(25)14-6-4-3-5-7-14)24(13-22-19)16-10-8-15(20)9-11-16/h3-13H,1-2H3/b21-12+. The van der Waals surface area contributed by atoms with Crippen LogP contribution in [-0.2, 0) is 0 Å². The maximum Gasteiger partial charge on any atom is 0.213 e. The average molecular weight is 397 g/mol. The highest BCUT2D eigenvalue weighted by Crippen LogP contribution is 2.25. The maximum absolute atomic E-state index is 13.1. The van der Waals surface area contributed by atoms with E-state index in [4.69, 9.17) is 0 Å². The van der Waals surface area contributed by atoms with Crippen molar-refractivity contribution in [3.63, 3.8) is 0 Å². The lowest BCUT2D eigenvalue weighted by molar-refractivity contribution is 0.103. The second-order valence-corrected chi connectivity index (χ2v) is 6.58. The van der Waals surface area contributed by atoms with Crippen LogP contribution in [0.3, 0.4) is 0 Å². The zero-order valence-corrected chi connectivity index (χ0v) is 15.5. The zero-order chi connectivity index (χ0) is 17.8. The minimum Gasteiger partial charge on any atom is -0.369 e. The van der Waals surface area contributed by atoms with Crippen molar-refractivity contribution in [3.8, 4) is 5.69 Å². The molecule has 25 heavy (non-hydrogen) atoms. The molecule has 3 aromatic rings. The Kier molecular flexibility index (Phi) is 5.09. The molecule has 3 rings (SSSR count). The highest BCUT2D eigenvalue weighted by molar-refractivity contribution is 9.10. The van der Waals surface area contributed by atoms with Crippen molar-refractivity contribution in [2.45, 2.75) is 0 Å². The first-order valence-electron chi connectivity index (χ1n) is 7.70. The summed E-state index contributed by atoms with van der Waals surface area (Å²) in [5, 5.41) is 0. The minimum atomic E-state index is -0.119. The van der Waals surface area contributed by atoms with Gasteiger partial charge in [0.25, 0.3) is 0 Å². The third kappa shape index (κ3) is 3.85. The van der Waals surface area contributed by atoms with E-state index >= 15 is 0 Å². The lowest BCUT2D eigenvalue weighted by Crippen LogP contribution is -2.10. The highest BCUT2D eigenvalue weighted by atomic mass is 79.9. The molecule has 126 valence electrons. The Morgan fingerprint density at radius 2 is 1.80 bits per heavy atom. The first-order chi connectivity index (χ1) is 12.1. The van der Waals surface area contributed by atoms with E-state index in [0.29, 0.717) is 17.1 Å². The summed E-state index contributed by atoms with van der Waals surface area (Å²) < 4.78 is 2.74. The number of carbonyl (C=O) groups is 1. The molecule has 0 amide bonds. The zero-order valence-electron chi connectivity index (χ0n) is 13.9. The number of aromatic nitrogens is 2. The first-order valence-corrected chi connectivity index (χ1v) is 8.49. The van der Waals surface area contributed by atoms with E-state index in [1.54, 1.807) is 34.3 Å². The van der Waals surface area contributed by atoms with E-state index in [0.717, 1.165) is 10.2 Å². The van der Waals surface area contributed by atoms with E-state index in [9.17, 15) is 4.79 Å². The lowest BCUT2D eigenvalue weighted by Gasteiger charge is -2.09. The van der Waals surface area contributed by atoms with Crippen LogP contribution in [0.4, 0.5) is 5.82 Å².